The number of nitrogens with one attached hydrogen (secondary N) is 1. The molecule has 0 heterocycles. The molecule has 0 aromatic heterocycles. The van der Waals surface area contributed by atoms with Crippen LogP contribution in [-0.4, -0.2) is 27.1 Å². The number of carbonyl (C=O) groups is 1. The van der Waals surface area contributed by atoms with E-state index >= 15 is 0 Å². The number of sulfonamides is 1. The molecule has 2 aromatic rings. The molecule has 5 nitrogen and oxygen atoms in total. The van der Waals surface area contributed by atoms with Gasteiger partial charge in [0.05, 0.1) is 11.9 Å². The van der Waals surface area contributed by atoms with Crippen LogP contribution in [0, 0.1) is 25.5 Å². The molecule has 0 bridgehead atoms. The molecule has 1 N–H and O–H groups in total. The molecule has 0 fully saturated rings. The number of anilines is 2. The van der Waals surface area contributed by atoms with E-state index in [-0.39, 0.29) is 0 Å². The third-order valence-corrected chi connectivity index (χ3v) is 4.55. The standard InChI is InChI=1S/C17H18F2N2O3S/c1-11-7-12(2)9-13(8-11)21(25(3,23)24)10-16(22)20-17-14(18)5-4-6-15(17)19/h4-9H,10H2,1-3H3,(H,20,22). The smallest absolute Gasteiger partial charge is 0.245 e. The molecule has 0 unspecified atom stereocenters. The average Bonchev–Trinajstić information content (AvgIpc) is 2.46. The van der Waals surface area contributed by atoms with Gasteiger partial charge in [0.1, 0.15) is 23.9 Å². The Hall–Kier alpha value is -2.48. The van der Waals surface area contributed by atoms with Gasteiger partial charge in [-0.05, 0) is 49.2 Å². The molecule has 0 atom stereocenters. The van der Waals surface area contributed by atoms with Crippen LogP contribution < -0.4 is 9.62 Å². The first-order valence-electron chi connectivity index (χ1n) is 7.38. The van der Waals surface area contributed by atoms with Crippen molar-refractivity contribution < 1.29 is 22.0 Å². The number of hydrogen-bond acceptors (Lipinski definition) is 3. The van der Waals surface area contributed by atoms with Crippen LogP contribution in [0.4, 0.5) is 20.2 Å². The van der Waals surface area contributed by atoms with Crippen molar-refractivity contribution in [3.05, 3.63) is 59.2 Å². The Morgan fingerprint density at radius 3 is 2.08 bits per heavy atom. The van der Waals surface area contributed by atoms with Gasteiger partial charge >= 0.3 is 0 Å². The van der Waals surface area contributed by atoms with Crippen LogP contribution in [0.5, 0.6) is 0 Å². The van der Waals surface area contributed by atoms with Crippen LogP contribution >= 0.6 is 0 Å². The van der Waals surface area contributed by atoms with Gasteiger partial charge in [-0.1, -0.05) is 12.1 Å². The Kier molecular flexibility index (Phi) is 5.42. The van der Waals surface area contributed by atoms with E-state index in [1.54, 1.807) is 26.0 Å². The molecule has 0 aliphatic carbocycles. The number of para-hydroxylation sites is 1. The molecular formula is C17H18F2N2O3S. The summed E-state index contributed by atoms with van der Waals surface area (Å²) in [4.78, 5) is 12.2. The van der Waals surface area contributed by atoms with Gasteiger partial charge in [-0.2, -0.15) is 0 Å². The highest BCUT2D eigenvalue weighted by Crippen LogP contribution is 2.22. The molecule has 0 saturated heterocycles. The molecule has 2 aromatic carbocycles. The van der Waals surface area contributed by atoms with Crippen molar-refractivity contribution in [2.24, 2.45) is 0 Å². The number of benzene rings is 2. The lowest BCUT2D eigenvalue weighted by molar-refractivity contribution is -0.114. The van der Waals surface area contributed by atoms with Gasteiger partial charge in [-0.3, -0.25) is 9.10 Å². The van der Waals surface area contributed by atoms with Crippen LogP contribution in [0.1, 0.15) is 11.1 Å². The van der Waals surface area contributed by atoms with Crippen molar-refractivity contribution in [2.45, 2.75) is 13.8 Å². The molecule has 2 rings (SSSR count). The molecule has 25 heavy (non-hydrogen) atoms. The SMILES string of the molecule is Cc1cc(C)cc(N(CC(=O)Nc2c(F)cccc2F)S(C)(=O)=O)c1. The summed E-state index contributed by atoms with van der Waals surface area (Å²) in [7, 11) is -3.77. The quantitative estimate of drug-likeness (QED) is 0.882. The van der Waals surface area contributed by atoms with Crippen molar-refractivity contribution in [1.29, 1.82) is 0 Å². The Morgan fingerprint density at radius 2 is 1.60 bits per heavy atom. The summed E-state index contributed by atoms with van der Waals surface area (Å²) in [6.45, 7) is 2.99. The number of rotatable bonds is 5. The van der Waals surface area contributed by atoms with Crippen molar-refractivity contribution in [2.75, 3.05) is 22.4 Å². The lowest BCUT2D eigenvalue weighted by atomic mass is 10.1. The van der Waals surface area contributed by atoms with E-state index in [2.05, 4.69) is 5.32 Å². The zero-order chi connectivity index (χ0) is 18.8. The second kappa shape index (κ2) is 7.18. The Labute approximate surface area is 145 Å². The normalized spacial score (nSPS) is 11.2. The van der Waals surface area contributed by atoms with Gasteiger partial charge < -0.3 is 5.32 Å². The first kappa shape index (κ1) is 18.9. The van der Waals surface area contributed by atoms with Gasteiger partial charge in [0.15, 0.2) is 0 Å². The topological polar surface area (TPSA) is 66.5 Å². The summed E-state index contributed by atoms with van der Waals surface area (Å²) >= 11 is 0. The minimum absolute atomic E-state index is 0.309. The van der Waals surface area contributed by atoms with Crippen LogP contribution in [0.2, 0.25) is 0 Å². The van der Waals surface area contributed by atoms with Crippen molar-refractivity contribution >= 4 is 27.3 Å². The molecular weight excluding hydrogens is 350 g/mol. The van der Waals surface area contributed by atoms with Crippen molar-refractivity contribution in [1.82, 2.24) is 0 Å². The number of carbonyl (C=O) groups excluding carboxylic acids is 1. The van der Waals surface area contributed by atoms with Crippen LogP contribution in [0.25, 0.3) is 0 Å². The van der Waals surface area contributed by atoms with Gasteiger partial charge in [0.2, 0.25) is 15.9 Å². The maximum absolute atomic E-state index is 13.6. The molecule has 1 amide bonds. The van der Waals surface area contributed by atoms with E-state index in [1.807, 2.05) is 6.07 Å². The van der Waals surface area contributed by atoms with Crippen molar-refractivity contribution in [3.63, 3.8) is 0 Å². The van der Waals surface area contributed by atoms with Crippen LogP contribution in [-0.2, 0) is 14.8 Å². The highest BCUT2D eigenvalue weighted by atomic mass is 32.2. The Balaban J connectivity index is 2.30. The summed E-state index contributed by atoms with van der Waals surface area (Å²) < 4.78 is 52.3. The lowest BCUT2D eigenvalue weighted by Gasteiger charge is -2.23. The predicted octanol–water partition coefficient (Wildman–Crippen LogP) is 2.99. The Morgan fingerprint density at radius 1 is 1.08 bits per heavy atom. The fourth-order valence-corrected chi connectivity index (χ4v) is 3.26. The second-order valence-electron chi connectivity index (χ2n) is 5.76. The van der Waals surface area contributed by atoms with E-state index in [9.17, 15) is 22.0 Å². The molecule has 134 valence electrons. The highest BCUT2D eigenvalue weighted by Gasteiger charge is 2.22. The van der Waals surface area contributed by atoms with Crippen molar-refractivity contribution in [3.8, 4) is 0 Å². The van der Waals surface area contributed by atoms with E-state index in [4.69, 9.17) is 0 Å². The largest absolute Gasteiger partial charge is 0.320 e. The maximum atomic E-state index is 13.6. The zero-order valence-electron chi connectivity index (χ0n) is 14.0. The first-order valence-corrected chi connectivity index (χ1v) is 9.22. The molecule has 0 saturated carbocycles. The summed E-state index contributed by atoms with van der Waals surface area (Å²) in [5, 5.41) is 2.08. The number of halogens is 2. The summed E-state index contributed by atoms with van der Waals surface area (Å²) in [6, 6.07) is 8.25. The second-order valence-corrected chi connectivity index (χ2v) is 7.67. The molecule has 0 aliphatic rings. The summed E-state index contributed by atoms with van der Waals surface area (Å²) in [5.74, 6) is -2.73. The van der Waals surface area contributed by atoms with Gasteiger partial charge in [0.25, 0.3) is 0 Å². The van der Waals surface area contributed by atoms with E-state index in [0.717, 1.165) is 33.8 Å². The summed E-state index contributed by atoms with van der Waals surface area (Å²) in [5.41, 5.74) is 1.35. The third kappa shape index (κ3) is 4.76. The average molecular weight is 368 g/mol. The fourth-order valence-electron chi connectivity index (χ4n) is 2.42. The molecule has 8 heteroatoms. The van der Waals surface area contributed by atoms with Crippen LogP contribution in [0.15, 0.2) is 36.4 Å². The Bertz CT molecular complexity index is 874. The monoisotopic (exact) mass is 368 g/mol. The zero-order valence-corrected chi connectivity index (χ0v) is 14.8. The molecule has 0 radical (unpaired) electrons. The van der Waals surface area contributed by atoms with E-state index in [0.29, 0.717) is 5.69 Å². The van der Waals surface area contributed by atoms with E-state index < -0.39 is 39.8 Å². The molecule has 0 spiro atoms. The minimum Gasteiger partial charge on any atom is -0.320 e. The van der Waals surface area contributed by atoms with E-state index in [1.165, 1.54) is 6.07 Å². The number of amides is 1. The molecule has 0 aliphatic heterocycles. The third-order valence-electron chi connectivity index (χ3n) is 3.41. The number of hydrogen-bond donors (Lipinski definition) is 1. The number of nitrogens with zero attached hydrogens (tertiary/aromatic N) is 1. The highest BCUT2D eigenvalue weighted by molar-refractivity contribution is 7.92. The van der Waals surface area contributed by atoms with Gasteiger partial charge in [-0.25, -0.2) is 17.2 Å². The summed E-state index contributed by atoms with van der Waals surface area (Å²) in [6.07, 6.45) is 0.960. The number of aryl methyl sites for hydroxylation is 2. The lowest BCUT2D eigenvalue weighted by Crippen LogP contribution is -2.37. The predicted molar refractivity (Wildman–Crippen MR) is 93.1 cm³/mol. The van der Waals surface area contributed by atoms with Gasteiger partial charge in [-0.15, -0.1) is 0 Å². The fraction of sp³-hybridized carbons (Fsp3) is 0.235. The maximum Gasteiger partial charge on any atom is 0.245 e. The van der Waals surface area contributed by atoms with Gasteiger partial charge in [0, 0.05) is 0 Å². The van der Waals surface area contributed by atoms with Crippen LogP contribution in [0.3, 0.4) is 0 Å². The minimum atomic E-state index is -3.77. The first-order chi connectivity index (χ1) is 11.6.